The van der Waals surface area contributed by atoms with Crippen molar-refractivity contribution in [3.05, 3.63) is 57.8 Å². The number of esters is 1. The molecular weight excluding hydrogens is 411 g/mol. The highest BCUT2D eigenvalue weighted by molar-refractivity contribution is 7.99. The van der Waals surface area contributed by atoms with Crippen LogP contribution in [0.5, 0.6) is 0 Å². The smallest absolute Gasteiger partial charge is 0.416 e. The summed E-state index contributed by atoms with van der Waals surface area (Å²) in [5.74, 6) is -0.417. The Hall–Kier alpha value is -2.00. The fourth-order valence-corrected chi connectivity index (χ4v) is 5.11. The zero-order chi connectivity index (χ0) is 20.3. The van der Waals surface area contributed by atoms with Crippen molar-refractivity contribution in [2.24, 2.45) is 0 Å². The Morgan fingerprint density at radius 2 is 1.93 bits per heavy atom. The first-order valence-corrected chi connectivity index (χ1v) is 10.5. The number of benzene rings is 1. The van der Waals surface area contributed by atoms with Gasteiger partial charge in [0.25, 0.3) is 0 Å². The molecular formula is C19H18F3NO3S2. The summed E-state index contributed by atoms with van der Waals surface area (Å²) in [5, 5.41) is 1.32. The molecule has 2 unspecified atom stereocenters. The number of hydrogen-bond donors (Lipinski definition) is 0. The van der Waals surface area contributed by atoms with Crippen molar-refractivity contribution in [2.45, 2.75) is 30.9 Å². The molecule has 1 aliphatic heterocycles. The number of thiophene rings is 1. The highest BCUT2D eigenvalue weighted by atomic mass is 32.2. The third-order valence-corrected chi connectivity index (χ3v) is 6.48. The molecule has 1 fully saturated rings. The molecule has 0 aliphatic carbocycles. The molecule has 0 bridgehead atoms. The van der Waals surface area contributed by atoms with Gasteiger partial charge in [-0.3, -0.25) is 4.79 Å². The standard InChI is InChI=1S/C19H18F3NO3S2/c1-2-26-18(25)15-11-28-17(12-5-7-13(8-6-12)19(20,21)22)23(15)16(24)10-14-4-3-9-27-14/h3-9,15,17H,2,10-11H2,1H3. The van der Waals surface area contributed by atoms with Crippen LogP contribution in [0.4, 0.5) is 13.2 Å². The van der Waals surface area contributed by atoms with Crippen molar-refractivity contribution < 1.29 is 27.5 Å². The number of ether oxygens (including phenoxy) is 1. The molecule has 2 heterocycles. The van der Waals surface area contributed by atoms with E-state index in [0.29, 0.717) is 11.3 Å². The number of thioether (sulfide) groups is 1. The molecule has 1 aromatic heterocycles. The third-order valence-electron chi connectivity index (χ3n) is 4.28. The van der Waals surface area contributed by atoms with E-state index in [9.17, 15) is 22.8 Å². The molecule has 9 heteroatoms. The van der Waals surface area contributed by atoms with Crippen LogP contribution in [0.2, 0.25) is 0 Å². The van der Waals surface area contributed by atoms with Crippen LogP contribution in [0.25, 0.3) is 0 Å². The van der Waals surface area contributed by atoms with Gasteiger partial charge in [-0.25, -0.2) is 4.79 Å². The lowest BCUT2D eigenvalue weighted by Crippen LogP contribution is -2.44. The summed E-state index contributed by atoms with van der Waals surface area (Å²) in [7, 11) is 0. The normalized spacial score (nSPS) is 19.6. The van der Waals surface area contributed by atoms with Crippen LogP contribution in [-0.4, -0.2) is 35.2 Å². The SMILES string of the molecule is CCOC(=O)C1CSC(c2ccc(C(F)(F)F)cc2)N1C(=O)Cc1cccs1. The summed E-state index contributed by atoms with van der Waals surface area (Å²) in [5.41, 5.74) is -0.207. The summed E-state index contributed by atoms with van der Waals surface area (Å²) >= 11 is 2.78. The van der Waals surface area contributed by atoms with E-state index in [1.165, 1.54) is 40.1 Å². The van der Waals surface area contributed by atoms with E-state index < -0.39 is 29.1 Å². The maximum atomic E-state index is 13.0. The van der Waals surface area contributed by atoms with Gasteiger partial charge in [0, 0.05) is 10.6 Å². The molecule has 150 valence electrons. The second-order valence-corrected chi connectivity index (χ2v) is 8.28. The van der Waals surface area contributed by atoms with Crippen LogP contribution < -0.4 is 0 Å². The van der Waals surface area contributed by atoms with Gasteiger partial charge in [-0.2, -0.15) is 13.2 Å². The van der Waals surface area contributed by atoms with E-state index in [1.54, 1.807) is 6.92 Å². The Bertz CT molecular complexity index is 822. The molecule has 1 amide bonds. The van der Waals surface area contributed by atoms with Gasteiger partial charge in [0.2, 0.25) is 5.91 Å². The highest BCUT2D eigenvalue weighted by Crippen LogP contribution is 2.43. The first-order chi connectivity index (χ1) is 13.3. The van der Waals surface area contributed by atoms with Crippen molar-refractivity contribution >= 4 is 35.0 Å². The molecule has 0 N–H and O–H groups in total. The predicted octanol–water partition coefficient (Wildman–Crippen LogP) is 4.52. The first kappa shape index (κ1) is 20.7. The molecule has 1 saturated heterocycles. The van der Waals surface area contributed by atoms with Crippen molar-refractivity contribution in [3.63, 3.8) is 0 Å². The van der Waals surface area contributed by atoms with Crippen molar-refractivity contribution in [1.29, 1.82) is 0 Å². The van der Waals surface area contributed by atoms with Gasteiger partial charge >= 0.3 is 12.1 Å². The van der Waals surface area contributed by atoms with Crippen LogP contribution in [0.1, 0.15) is 28.3 Å². The van der Waals surface area contributed by atoms with Gasteiger partial charge in [0.1, 0.15) is 11.4 Å². The van der Waals surface area contributed by atoms with Gasteiger partial charge in [0.15, 0.2) is 0 Å². The fourth-order valence-electron chi connectivity index (χ4n) is 2.98. The molecule has 2 aromatic rings. The number of carbonyl (C=O) groups is 2. The van der Waals surface area contributed by atoms with E-state index in [0.717, 1.165) is 17.0 Å². The van der Waals surface area contributed by atoms with E-state index in [2.05, 4.69) is 0 Å². The van der Waals surface area contributed by atoms with Crippen LogP contribution >= 0.6 is 23.1 Å². The second-order valence-electron chi connectivity index (χ2n) is 6.13. The lowest BCUT2D eigenvalue weighted by atomic mass is 10.1. The summed E-state index contributed by atoms with van der Waals surface area (Å²) in [4.78, 5) is 27.6. The molecule has 1 aliphatic rings. The maximum absolute atomic E-state index is 13.0. The van der Waals surface area contributed by atoms with Crippen molar-refractivity contribution in [2.75, 3.05) is 12.4 Å². The van der Waals surface area contributed by atoms with E-state index in [-0.39, 0.29) is 18.9 Å². The van der Waals surface area contributed by atoms with Gasteiger partial charge < -0.3 is 9.64 Å². The van der Waals surface area contributed by atoms with Gasteiger partial charge in [-0.1, -0.05) is 18.2 Å². The number of carbonyl (C=O) groups excluding carboxylic acids is 2. The summed E-state index contributed by atoms with van der Waals surface area (Å²) < 4.78 is 43.6. The molecule has 4 nitrogen and oxygen atoms in total. The number of amides is 1. The second kappa shape index (κ2) is 8.57. The summed E-state index contributed by atoms with van der Waals surface area (Å²) in [6, 6.07) is 7.62. The molecule has 0 radical (unpaired) electrons. The van der Waals surface area contributed by atoms with Crippen LogP contribution in [-0.2, 0) is 26.9 Å². The minimum atomic E-state index is -4.43. The number of hydrogen-bond acceptors (Lipinski definition) is 5. The number of rotatable bonds is 5. The lowest BCUT2D eigenvalue weighted by molar-refractivity contribution is -0.153. The van der Waals surface area contributed by atoms with Gasteiger partial charge in [-0.15, -0.1) is 23.1 Å². The van der Waals surface area contributed by atoms with Crippen LogP contribution in [0, 0.1) is 0 Å². The monoisotopic (exact) mass is 429 g/mol. The Labute approximate surface area is 168 Å². The zero-order valence-electron chi connectivity index (χ0n) is 14.9. The molecule has 0 spiro atoms. The Morgan fingerprint density at radius 1 is 1.21 bits per heavy atom. The van der Waals surface area contributed by atoms with E-state index in [4.69, 9.17) is 4.74 Å². The molecule has 28 heavy (non-hydrogen) atoms. The quantitative estimate of drug-likeness (QED) is 0.656. The summed E-state index contributed by atoms with van der Waals surface area (Å²) in [6.45, 7) is 1.88. The Balaban J connectivity index is 1.87. The molecule has 3 rings (SSSR count). The van der Waals surface area contributed by atoms with Gasteiger partial charge in [0.05, 0.1) is 18.6 Å². The highest BCUT2D eigenvalue weighted by Gasteiger charge is 2.43. The number of halogens is 3. The Kier molecular flexibility index (Phi) is 6.34. The van der Waals surface area contributed by atoms with Gasteiger partial charge in [-0.05, 0) is 36.1 Å². The van der Waals surface area contributed by atoms with Crippen molar-refractivity contribution in [1.82, 2.24) is 4.90 Å². The zero-order valence-corrected chi connectivity index (χ0v) is 16.6. The number of alkyl halides is 3. The average Bonchev–Trinajstić information content (AvgIpc) is 3.30. The largest absolute Gasteiger partial charge is 0.464 e. The fraction of sp³-hybridized carbons (Fsp3) is 0.368. The summed E-state index contributed by atoms with van der Waals surface area (Å²) in [6.07, 6.45) is -4.30. The predicted molar refractivity (Wildman–Crippen MR) is 102 cm³/mol. The van der Waals surface area contributed by atoms with Crippen LogP contribution in [0.15, 0.2) is 41.8 Å². The average molecular weight is 429 g/mol. The molecule has 0 saturated carbocycles. The minimum absolute atomic E-state index is 0.130. The molecule has 1 aromatic carbocycles. The van der Waals surface area contributed by atoms with E-state index >= 15 is 0 Å². The topological polar surface area (TPSA) is 46.6 Å². The van der Waals surface area contributed by atoms with Crippen LogP contribution in [0.3, 0.4) is 0 Å². The third kappa shape index (κ3) is 4.52. The molecule has 2 atom stereocenters. The minimum Gasteiger partial charge on any atom is -0.464 e. The lowest BCUT2D eigenvalue weighted by Gasteiger charge is -2.28. The van der Waals surface area contributed by atoms with E-state index in [1.807, 2.05) is 17.5 Å². The van der Waals surface area contributed by atoms with Crippen molar-refractivity contribution in [3.8, 4) is 0 Å². The Morgan fingerprint density at radius 3 is 2.50 bits per heavy atom. The first-order valence-electron chi connectivity index (χ1n) is 8.60. The maximum Gasteiger partial charge on any atom is 0.416 e. The number of nitrogens with zero attached hydrogens (tertiary/aromatic N) is 1.